The summed E-state index contributed by atoms with van der Waals surface area (Å²) < 4.78 is 11.7. The van der Waals surface area contributed by atoms with E-state index in [4.69, 9.17) is 0 Å². The molecule has 2 nitrogen and oxygen atoms in total. The largest absolute Gasteiger partial charge is 0.289 e. The molecule has 0 amide bonds. The van der Waals surface area contributed by atoms with Crippen LogP contribution in [0.5, 0.6) is 0 Å². The Bertz CT molecular complexity index is 1040. The minimum absolute atomic E-state index is 0.0156. The lowest BCUT2D eigenvalue weighted by atomic mass is 9.89. The summed E-state index contributed by atoms with van der Waals surface area (Å²) in [5.74, 6) is -0.0156. The zero-order chi connectivity index (χ0) is 19.6. The van der Waals surface area contributed by atoms with Gasteiger partial charge in [-0.05, 0) is 60.7 Å². The van der Waals surface area contributed by atoms with E-state index < -0.39 is 0 Å². The summed E-state index contributed by atoms with van der Waals surface area (Å²) in [5.41, 5.74) is 6.90. The van der Waals surface area contributed by atoms with Gasteiger partial charge in [0, 0.05) is 11.1 Å². The van der Waals surface area contributed by atoms with Gasteiger partial charge in [0.15, 0.2) is 14.2 Å². The van der Waals surface area contributed by atoms with Crippen LogP contribution in [0.25, 0.3) is 17.2 Å². The van der Waals surface area contributed by atoms with Gasteiger partial charge in [-0.25, -0.2) is 0 Å². The highest BCUT2D eigenvalue weighted by atomic mass is 31.1. The van der Waals surface area contributed by atoms with E-state index in [9.17, 15) is 9.36 Å². The van der Waals surface area contributed by atoms with Gasteiger partial charge in [0.25, 0.3) is 0 Å². The van der Waals surface area contributed by atoms with Crippen LogP contribution in [0.1, 0.15) is 38.2 Å². The molecule has 0 fully saturated rings. The molecule has 0 aromatic heterocycles. The molecule has 134 valence electrons. The molecule has 0 saturated carbocycles. The van der Waals surface area contributed by atoms with Gasteiger partial charge in [-0.15, -0.1) is 0 Å². The third-order valence-electron chi connectivity index (χ3n) is 4.72. The van der Waals surface area contributed by atoms with Crippen LogP contribution in [0.4, 0.5) is 0 Å². The van der Waals surface area contributed by atoms with Crippen molar-refractivity contribution in [2.75, 3.05) is 0 Å². The van der Waals surface area contributed by atoms with Crippen molar-refractivity contribution in [1.29, 1.82) is 0 Å². The van der Waals surface area contributed by atoms with Gasteiger partial charge in [-0.1, -0.05) is 60.7 Å². The van der Waals surface area contributed by atoms with Crippen LogP contribution >= 0.6 is 8.46 Å². The molecule has 3 rings (SSSR count). The predicted molar refractivity (Wildman–Crippen MR) is 113 cm³/mol. The fourth-order valence-corrected chi connectivity index (χ4v) is 3.98. The molecule has 0 heterocycles. The van der Waals surface area contributed by atoms with E-state index >= 15 is 0 Å². The van der Waals surface area contributed by atoms with Crippen molar-refractivity contribution in [2.24, 2.45) is 0 Å². The number of benzene rings is 3. The minimum Gasteiger partial charge on any atom is -0.289 e. The van der Waals surface area contributed by atoms with Gasteiger partial charge in [-0.2, -0.15) is 0 Å². The van der Waals surface area contributed by atoms with Crippen LogP contribution in [-0.2, 0) is 4.57 Å². The second-order valence-electron chi connectivity index (χ2n) is 6.72. The molecule has 3 heteroatoms. The lowest BCUT2D eigenvalue weighted by Gasteiger charge is -2.15. The van der Waals surface area contributed by atoms with Crippen LogP contribution < -0.4 is 5.30 Å². The van der Waals surface area contributed by atoms with Gasteiger partial charge < -0.3 is 0 Å². The quantitative estimate of drug-likeness (QED) is 0.402. The average molecular weight is 372 g/mol. The maximum Gasteiger partial charge on any atom is 0.194 e. The van der Waals surface area contributed by atoms with Crippen molar-refractivity contribution >= 4 is 25.6 Å². The Hall–Kier alpha value is -2.83. The number of hydrogen-bond donors (Lipinski definition) is 0. The second kappa shape index (κ2) is 7.82. The zero-order valence-corrected chi connectivity index (χ0v) is 16.6. The lowest BCUT2D eigenvalue weighted by molar-refractivity contribution is 0.103. The van der Waals surface area contributed by atoms with Crippen molar-refractivity contribution in [3.8, 4) is 11.1 Å². The van der Waals surface area contributed by atoms with Gasteiger partial charge in [0.1, 0.15) is 0 Å². The highest BCUT2D eigenvalue weighted by molar-refractivity contribution is 7.34. The molecule has 0 aliphatic carbocycles. The van der Waals surface area contributed by atoms with E-state index in [1.165, 1.54) is 0 Å². The van der Waals surface area contributed by atoms with Crippen molar-refractivity contribution in [2.45, 2.75) is 20.8 Å². The van der Waals surface area contributed by atoms with Crippen LogP contribution in [0.15, 0.2) is 61.2 Å². The summed E-state index contributed by atoms with van der Waals surface area (Å²) in [5, 5.41) is 0.651. The van der Waals surface area contributed by atoms with Gasteiger partial charge in [-0.3, -0.25) is 9.36 Å². The molecular weight excluding hydrogens is 351 g/mol. The average Bonchev–Trinajstić information content (AvgIpc) is 2.66. The summed E-state index contributed by atoms with van der Waals surface area (Å²) in [4.78, 5) is 13.4. The zero-order valence-electron chi connectivity index (χ0n) is 15.7. The smallest absolute Gasteiger partial charge is 0.194 e. The molecule has 0 aliphatic rings. The van der Waals surface area contributed by atoms with Crippen molar-refractivity contribution in [3.63, 3.8) is 0 Å². The van der Waals surface area contributed by atoms with E-state index in [-0.39, 0.29) is 14.2 Å². The number of aryl methyl sites for hydroxylation is 3. The Kier molecular flexibility index (Phi) is 5.48. The third kappa shape index (κ3) is 3.67. The number of ketones is 1. The fourth-order valence-electron chi connectivity index (χ4n) is 3.56. The molecule has 0 radical (unpaired) electrons. The number of carbonyl (C=O) groups is 1. The topological polar surface area (TPSA) is 34.1 Å². The molecule has 3 aromatic carbocycles. The Balaban J connectivity index is 2.23. The van der Waals surface area contributed by atoms with E-state index in [2.05, 4.69) is 6.58 Å². The Morgan fingerprint density at radius 3 is 2.22 bits per heavy atom. The maximum atomic E-state index is 13.4. The molecule has 0 spiro atoms. The summed E-state index contributed by atoms with van der Waals surface area (Å²) in [6.45, 7) is 9.78. The van der Waals surface area contributed by atoms with E-state index in [0.717, 1.165) is 38.9 Å². The maximum absolute atomic E-state index is 13.4. The lowest BCUT2D eigenvalue weighted by Crippen LogP contribution is -2.10. The van der Waals surface area contributed by atoms with Crippen LogP contribution in [0.3, 0.4) is 0 Å². The van der Waals surface area contributed by atoms with Crippen LogP contribution in [0.2, 0.25) is 0 Å². The first-order valence-corrected chi connectivity index (χ1v) is 9.59. The molecule has 3 aromatic rings. The summed E-state index contributed by atoms with van der Waals surface area (Å²) >= 11 is 0. The molecule has 0 unspecified atom stereocenters. The first-order valence-electron chi connectivity index (χ1n) is 8.78. The van der Waals surface area contributed by atoms with E-state index in [1.54, 1.807) is 6.08 Å². The van der Waals surface area contributed by atoms with Crippen molar-refractivity contribution in [3.05, 3.63) is 94.6 Å². The highest BCUT2D eigenvalue weighted by Crippen LogP contribution is 2.29. The van der Waals surface area contributed by atoms with E-state index in [1.807, 2.05) is 75.4 Å². The number of carbonyl (C=O) groups excluding carboxylic acids is 1. The SMILES string of the molecule is C=Cc1ccc(P=O)c(-c2ccccc2C(=O)c2c(C)cc(C)cc2C)c1. The van der Waals surface area contributed by atoms with Crippen molar-refractivity contribution < 1.29 is 9.36 Å². The molecular formula is C24H21O2P. The molecule has 0 N–H and O–H groups in total. The fraction of sp³-hybridized carbons (Fsp3) is 0.125. The minimum atomic E-state index is -0.0775. The number of hydrogen-bond acceptors (Lipinski definition) is 2. The third-order valence-corrected chi connectivity index (χ3v) is 5.31. The van der Waals surface area contributed by atoms with Gasteiger partial charge >= 0.3 is 0 Å². The Morgan fingerprint density at radius 1 is 0.926 bits per heavy atom. The molecule has 0 bridgehead atoms. The monoisotopic (exact) mass is 372 g/mol. The molecule has 27 heavy (non-hydrogen) atoms. The van der Waals surface area contributed by atoms with Crippen molar-refractivity contribution in [1.82, 2.24) is 0 Å². The molecule has 0 atom stereocenters. The summed E-state index contributed by atoms with van der Waals surface area (Å²) in [6.07, 6.45) is 1.74. The Labute approximate surface area is 161 Å². The van der Waals surface area contributed by atoms with Gasteiger partial charge in [0.05, 0.1) is 5.30 Å². The normalized spacial score (nSPS) is 10.8. The Morgan fingerprint density at radius 2 is 1.59 bits per heavy atom. The standard InChI is InChI=1S/C24H21O2P/c1-5-18-10-11-22(27-26)21(14-18)19-8-6-7-9-20(19)24(25)23-16(3)12-15(2)13-17(23)4/h5-14H,1H2,2-4H3. The first kappa shape index (κ1) is 18.9. The molecule has 0 aliphatic heterocycles. The van der Waals surface area contributed by atoms with Crippen LogP contribution in [-0.4, -0.2) is 5.78 Å². The molecule has 0 saturated heterocycles. The van der Waals surface area contributed by atoms with E-state index in [0.29, 0.717) is 10.9 Å². The number of rotatable bonds is 5. The summed E-state index contributed by atoms with van der Waals surface area (Å²) in [6, 6.07) is 17.2. The highest BCUT2D eigenvalue weighted by Gasteiger charge is 2.20. The van der Waals surface area contributed by atoms with Crippen LogP contribution in [0, 0.1) is 20.8 Å². The van der Waals surface area contributed by atoms with Gasteiger partial charge in [0.2, 0.25) is 0 Å². The second-order valence-corrected chi connectivity index (χ2v) is 7.38. The summed E-state index contributed by atoms with van der Waals surface area (Å²) in [7, 11) is -0.0775. The first-order chi connectivity index (χ1) is 13.0. The predicted octanol–water partition coefficient (Wildman–Crippen LogP) is 6.07.